The second kappa shape index (κ2) is 9.83. The summed E-state index contributed by atoms with van der Waals surface area (Å²) in [7, 11) is 0. The minimum atomic E-state index is -0.240. The Morgan fingerprint density at radius 2 is 1.56 bits per heavy atom. The van der Waals surface area contributed by atoms with Gasteiger partial charge in [-0.05, 0) is 43.5 Å². The quantitative estimate of drug-likeness (QED) is 0.581. The van der Waals surface area contributed by atoms with Crippen LogP contribution in [0.2, 0.25) is 0 Å². The van der Waals surface area contributed by atoms with Crippen LogP contribution in [0.4, 0.5) is 16.0 Å². The van der Waals surface area contributed by atoms with E-state index in [9.17, 15) is 14.0 Å². The van der Waals surface area contributed by atoms with Crippen LogP contribution in [-0.4, -0.2) is 59.6 Å². The van der Waals surface area contributed by atoms with Gasteiger partial charge >= 0.3 is 0 Å². The topological polar surface area (TPSA) is 61.7 Å². The lowest BCUT2D eigenvalue weighted by molar-refractivity contribution is -0.131. The first-order valence-corrected chi connectivity index (χ1v) is 12.1. The summed E-state index contributed by atoms with van der Waals surface area (Å²) in [6.07, 6.45) is 3.58. The first kappa shape index (κ1) is 22.4. The Balaban J connectivity index is 1.30. The Morgan fingerprint density at radius 1 is 0.853 bits per heavy atom. The first-order valence-electron chi connectivity index (χ1n) is 12.1. The third-order valence-corrected chi connectivity index (χ3v) is 6.86. The lowest BCUT2D eigenvalue weighted by Gasteiger charge is -2.36. The lowest BCUT2D eigenvalue weighted by atomic mass is 10.1. The van der Waals surface area contributed by atoms with E-state index in [0.717, 1.165) is 25.9 Å². The maximum Gasteiger partial charge on any atom is 0.262 e. The number of rotatable bonds is 5. The van der Waals surface area contributed by atoms with Gasteiger partial charge in [-0.2, -0.15) is 0 Å². The Morgan fingerprint density at radius 3 is 2.32 bits per heavy atom. The van der Waals surface area contributed by atoms with Crippen LogP contribution in [0, 0.1) is 5.82 Å². The van der Waals surface area contributed by atoms with Crippen LogP contribution in [0.25, 0.3) is 10.9 Å². The third kappa shape index (κ3) is 4.49. The molecule has 8 heteroatoms. The smallest absolute Gasteiger partial charge is 0.262 e. The molecule has 3 heterocycles. The summed E-state index contributed by atoms with van der Waals surface area (Å²) in [5.74, 6) is 0.439. The molecule has 0 unspecified atom stereocenters. The average Bonchev–Trinajstić information content (AvgIpc) is 2.89. The fourth-order valence-electron chi connectivity index (χ4n) is 4.96. The number of anilines is 2. The molecule has 0 aliphatic carbocycles. The molecule has 5 rings (SSSR count). The monoisotopic (exact) mass is 463 g/mol. The van der Waals surface area contributed by atoms with E-state index in [2.05, 4.69) is 4.90 Å². The van der Waals surface area contributed by atoms with Gasteiger partial charge in [-0.1, -0.05) is 24.3 Å². The Kier molecular flexibility index (Phi) is 6.47. The van der Waals surface area contributed by atoms with Crippen LogP contribution in [0.15, 0.2) is 53.3 Å². The molecule has 0 N–H and O–H groups in total. The van der Waals surface area contributed by atoms with Gasteiger partial charge in [-0.25, -0.2) is 9.37 Å². The molecular formula is C26H30FN5O2. The number of carbonyl (C=O) groups excluding carboxylic acids is 1. The number of para-hydroxylation sites is 2. The number of benzene rings is 2. The van der Waals surface area contributed by atoms with Gasteiger partial charge < -0.3 is 14.7 Å². The second-order valence-corrected chi connectivity index (χ2v) is 9.00. The van der Waals surface area contributed by atoms with Crippen molar-refractivity contribution in [2.45, 2.75) is 32.2 Å². The van der Waals surface area contributed by atoms with Gasteiger partial charge in [0.2, 0.25) is 11.9 Å². The van der Waals surface area contributed by atoms with E-state index >= 15 is 0 Å². The van der Waals surface area contributed by atoms with Crippen LogP contribution in [-0.2, 0) is 11.3 Å². The van der Waals surface area contributed by atoms with Crippen molar-refractivity contribution in [2.75, 3.05) is 49.1 Å². The second-order valence-electron chi connectivity index (χ2n) is 9.00. The number of piperazine rings is 1. The minimum absolute atomic E-state index is 0.0119. The Hall–Kier alpha value is -3.42. The number of amides is 1. The maximum absolute atomic E-state index is 14.1. The molecule has 0 atom stereocenters. The highest BCUT2D eigenvalue weighted by Gasteiger charge is 2.24. The van der Waals surface area contributed by atoms with Crippen LogP contribution >= 0.6 is 0 Å². The van der Waals surface area contributed by atoms with Crippen molar-refractivity contribution in [3.05, 3.63) is 64.7 Å². The molecule has 3 aromatic rings. The molecule has 2 aromatic carbocycles. The summed E-state index contributed by atoms with van der Waals surface area (Å²) in [5.41, 5.74) is 1.18. The van der Waals surface area contributed by atoms with E-state index in [0.29, 0.717) is 55.3 Å². The Labute approximate surface area is 198 Å². The zero-order valence-corrected chi connectivity index (χ0v) is 19.3. The van der Waals surface area contributed by atoms with E-state index in [1.54, 1.807) is 22.8 Å². The van der Waals surface area contributed by atoms with Gasteiger partial charge in [-0.15, -0.1) is 0 Å². The summed E-state index contributed by atoms with van der Waals surface area (Å²) in [4.78, 5) is 37.2. The third-order valence-electron chi connectivity index (χ3n) is 6.86. The largest absolute Gasteiger partial charge is 0.366 e. The number of hydrogen-bond donors (Lipinski definition) is 0. The van der Waals surface area contributed by atoms with Crippen molar-refractivity contribution >= 4 is 28.4 Å². The van der Waals surface area contributed by atoms with E-state index < -0.39 is 0 Å². The molecule has 1 aromatic heterocycles. The van der Waals surface area contributed by atoms with Crippen LogP contribution in [0.3, 0.4) is 0 Å². The summed E-state index contributed by atoms with van der Waals surface area (Å²) in [5, 5.41) is 0.578. The Bertz CT molecular complexity index is 1230. The maximum atomic E-state index is 14.1. The zero-order valence-electron chi connectivity index (χ0n) is 19.3. The van der Waals surface area contributed by atoms with Gasteiger partial charge in [-0.3, -0.25) is 14.2 Å². The van der Waals surface area contributed by atoms with E-state index in [1.807, 2.05) is 34.1 Å². The van der Waals surface area contributed by atoms with E-state index in [1.165, 1.54) is 12.5 Å². The number of hydrogen-bond acceptors (Lipinski definition) is 5. The van der Waals surface area contributed by atoms with Gasteiger partial charge in [0, 0.05) is 52.2 Å². The molecule has 2 fully saturated rings. The number of piperidine rings is 1. The number of aromatic nitrogens is 2. The highest BCUT2D eigenvalue weighted by Crippen LogP contribution is 2.22. The molecule has 0 spiro atoms. The molecule has 2 aliphatic rings. The number of halogens is 1. The van der Waals surface area contributed by atoms with E-state index in [4.69, 9.17) is 4.98 Å². The normalized spacial score (nSPS) is 16.8. The van der Waals surface area contributed by atoms with Crippen molar-refractivity contribution in [3.8, 4) is 0 Å². The van der Waals surface area contributed by atoms with Crippen molar-refractivity contribution < 1.29 is 9.18 Å². The van der Waals surface area contributed by atoms with Crippen molar-refractivity contribution in [1.29, 1.82) is 0 Å². The summed E-state index contributed by atoms with van der Waals surface area (Å²) in [6, 6.07) is 14.1. The van der Waals surface area contributed by atoms with Crippen molar-refractivity contribution in [1.82, 2.24) is 14.5 Å². The predicted octanol–water partition coefficient (Wildman–Crippen LogP) is 3.26. The standard InChI is InChI=1S/C26H30FN5O2/c27-21-9-3-5-11-23(21)29-16-18-30(19-17-29)24(33)12-15-32-25(34)20-8-2-4-10-22(20)28-26(32)31-13-6-1-7-14-31/h2-5,8-11H,1,6-7,12-19H2. The van der Waals surface area contributed by atoms with Crippen LogP contribution < -0.4 is 15.4 Å². The molecule has 0 saturated carbocycles. The molecule has 34 heavy (non-hydrogen) atoms. The highest BCUT2D eigenvalue weighted by molar-refractivity contribution is 5.79. The number of nitrogens with zero attached hydrogens (tertiary/aromatic N) is 5. The summed E-state index contributed by atoms with van der Waals surface area (Å²) < 4.78 is 15.8. The summed E-state index contributed by atoms with van der Waals surface area (Å²) in [6.45, 7) is 4.29. The van der Waals surface area contributed by atoms with Crippen LogP contribution in [0.5, 0.6) is 0 Å². The molecule has 0 bridgehead atoms. The van der Waals surface area contributed by atoms with Gasteiger partial charge in [0.1, 0.15) is 5.82 Å². The first-order chi connectivity index (χ1) is 16.6. The molecular weight excluding hydrogens is 433 g/mol. The predicted molar refractivity (Wildman–Crippen MR) is 132 cm³/mol. The van der Waals surface area contributed by atoms with Gasteiger partial charge in [0.25, 0.3) is 5.56 Å². The lowest BCUT2D eigenvalue weighted by Crippen LogP contribution is -2.49. The van der Waals surface area contributed by atoms with Crippen molar-refractivity contribution in [2.24, 2.45) is 0 Å². The molecule has 1 amide bonds. The summed E-state index contributed by atoms with van der Waals surface area (Å²) >= 11 is 0. The van der Waals surface area contributed by atoms with E-state index in [-0.39, 0.29) is 23.7 Å². The minimum Gasteiger partial charge on any atom is -0.366 e. The number of fused-ring (bicyclic) bond motifs is 1. The van der Waals surface area contributed by atoms with Gasteiger partial charge in [0.15, 0.2) is 0 Å². The van der Waals surface area contributed by atoms with Crippen molar-refractivity contribution in [3.63, 3.8) is 0 Å². The fraction of sp³-hybridized carbons (Fsp3) is 0.423. The molecule has 178 valence electrons. The highest BCUT2D eigenvalue weighted by atomic mass is 19.1. The average molecular weight is 464 g/mol. The molecule has 7 nitrogen and oxygen atoms in total. The molecule has 2 aliphatic heterocycles. The van der Waals surface area contributed by atoms with Gasteiger partial charge in [0.05, 0.1) is 16.6 Å². The fourth-order valence-corrected chi connectivity index (χ4v) is 4.96. The van der Waals surface area contributed by atoms with Crippen LogP contribution in [0.1, 0.15) is 25.7 Å². The molecule has 0 radical (unpaired) electrons. The SMILES string of the molecule is O=C(CCn1c(N2CCCCC2)nc2ccccc2c1=O)N1CCN(c2ccccc2F)CC1. The zero-order chi connectivity index (χ0) is 23.5. The molecule has 2 saturated heterocycles. The number of carbonyl (C=O) groups is 1.